The number of rotatable bonds is 12. The summed E-state index contributed by atoms with van der Waals surface area (Å²) in [4.78, 5) is 0. The van der Waals surface area contributed by atoms with Gasteiger partial charge in [-0.25, -0.2) is 48.3 Å². The maximum atomic E-state index is 15.0. The second-order valence-electron chi connectivity index (χ2n) is 20.0. The molecule has 0 radical (unpaired) electrons. The molecule has 5 fully saturated rings. The molecule has 2 aliphatic heterocycles. The van der Waals surface area contributed by atoms with Gasteiger partial charge in [0.1, 0.15) is 69.2 Å². The maximum absolute atomic E-state index is 15.0. The Kier molecular flexibility index (Phi) is 16.3. The molecule has 5 aromatic carbocycles. The van der Waals surface area contributed by atoms with Crippen LogP contribution in [0, 0.1) is 101 Å². The summed E-state index contributed by atoms with van der Waals surface area (Å²) in [5.74, 6) is -17.6. The largest absolute Gasteiger partial charge is 0.432 e. The van der Waals surface area contributed by atoms with Crippen LogP contribution in [-0.2, 0) is 31.2 Å². The first-order chi connectivity index (χ1) is 36.1. The monoisotopic (exact) mass is 1090 g/mol. The molecule has 0 atom stereocenters. The van der Waals surface area contributed by atoms with Gasteiger partial charge >= 0.3 is 12.2 Å². The topological polar surface area (TPSA) is 55.4 Å². The van der Waals surface area contributed by atoms with Gasteiger partial charge in [0.2, 0.25) is 0 Å². The molecule has 0 bridgehead atoms. The molecule has 5 aromatic rings. The minimum atomic E-state index is -4.73. The summed E-state index contributed by atoms with van der Waals surface area (Å²) in [7, 11) is 0. The molecular weight excluding hydrogens is 1040 g/mol. The maximum Gasteiger partial charge on any atom is 0.432 e. The molecule has 21 heteroatoms. The molecule has 2 heterocycles. The van der Waals surface area contributed by atoms with Crippen molar-refractivity contribution in [1.29, 1.82) is 0 Å². The van der Waals surface area contributed by atoms with Crippen molar-refractivity contribution in [3.05, 3.63) is 152 Å². The average molecular weight is 1090 g/mol. The van der Waals surface area contributed by atoms with Gasteiger partial charge in [-0.05, 0) is 97.9 Å². The van der Waals surface area contributed by atoms with Crippen LogP contribution in [-0.4, -0.2) is 32.7 Å². The fraction of sp³-hybridized carbons (Fsp3) is 0.455. The highest BCUT2D eigenvalue weighted by molar-refractivity contribution is 5.66. The van der Waals surface area contributed by atoms with Crippen molar-refractivity contribution in [2.75, 3.05) is 26.4 Å². The van der Waals surface area contributed by atoms with Crippen molar-refractivity contribution >= 4 is 0 Å². The van der Waals surface area contributed by atoms with Gasteiger partial charge in [0, 0.05) is 53.1 Å². The van der Waals surface area contributed by atoms with Gasteiger partial charge in [-0.15, -0.1) is 0 Å². The fourth-order valence-corrected chi connectivity index (χ4v) is 10.4. The molecule has 0 N–H and O–H groups in total. The minimum absolute atomic E-state index is 0.0101. The average Bonchev–Trinajstić information content (AvgIpc) is 3.31. The molecule has 0 amide bonds. The van der Waals surface area contributed by atoms with Gasteiger partial charge in [0.05, 0.1) is 32.0 Å². The van der Waals surface area contributed by atoms with Crippen LogP contribution < -0.4 is 9.47 Å². The van der Waals surface area contributed by atoms with E-state index in [1.807, 2.05) is 0 Å². The first-order valence-electron chi connectivity index (χ1n) is 24.7. The van der Waals surface area contributed by atoms with Crippen LogP contribution in [0.1, 0.15) is 104 Å². The van der Waals surface area contributed by atoms with Crippen LogP contribution in [0.5, 0.6) is 11.5 Å². The third kappa shape index (κ3) is 11.8. The lowest BCUT2D eigenvalue weighted by molar-refractivity contribution is -0.238. The second-order valence-corrected chi connectivity index (χ2v) is 20.0. The standard InChI is InChI=1S/C28H22F8O3.C27H27F7O3/c1-13-19(29)9-18(10-20(13)30)39-28(35,36)26-23(33)5-15(6-24(26)34)25-21(31)7-16(8-22(25)32)27-37-11-17(12-38-27)14-3-2-4-14;28-20-8-17(9-21(29)24(20)27(33,34)37-19-10-22(30)25(32)23(31)11-19)15-4-6-16(7-5-15)26-35-12-18(13-36-26)14-2-1-3-14/h5-10,14,17,27H,2-4,11-12H2,1H3;8-11,14-16,18,26H,1-7,12-13H2. The van der Waals surface area contributed by atoms with Crippen molar-refractivity contribution in [2.24, 2.45) is 29.6 Å². The minimum Gasteiger partial charge on any atom is -0.429 e. The van der Waals surface area contributed by atoms with E-state index in [0.717, 1.165) is 50.5 Å². The van der Waals surface area contributed by atoms with Crippen molar-refractivity contribution in [3.8, 4) is 22.6 Å². The molecular formula is C55H49F15O6. The summed E-state index contributed by atoms with van der Waals surface area (Å²) >= 11 is 0. The van der Waals surface area contributed by atoms with E-state index in [2.05, 4.69) is 9.47 Å². The van der Waals surface area contributed by atoms with E-state index in [-0.39, 0.29) is 47.3 Å². The molecule has 3 aliphatic carbocycles. The van der Waals surface area contributed by atoms with E-state index in [0.29, 0.717) is 94.1 Å². The fourth-order valence-electron chi connectivity index (χ4n) is 10.4. The Balaban J connectivity index is 0.000000186. The zero-order valence-electron chi connectivity index (χ0n) is 40.4. The van der Waals surface area contributed by atoms with Gasteiger partial charge in [0.15, 0.2) is 30.0 Å². The summed E-state index contributed by atoms with van der Waals surface area (Å²) in [6.45, 7) is 3.13. The number of halogens is 15. The third-order valence-corrected chi connectivity index (χ3v) is 15.2. The van der Waals surface area contributed by atoms with Crippen molar-refractivity contribution < 1.29 is 94.3 Å². The van der Waals surface area contributed by atoms with Crippen LogP contribution in [0.4, 0.5) is 65.9 Å². The normalized spacial score (nSPS) is 23.5. The highest BCUT2D eigenvalue weighted by Crippen LogP contribution is 2.45. The smallest absolute Gasteiger partial charge is 0.429 e. The molecule has 0 aromatic heterocycles. The molecule has 2 saturated heterocycles. The lowest BCUT2D eigenvalue weighted by Crippen LogP contribution is -2.42. The summed E-state index contributed by atoms with van der Waals surface area (Å²) in [6.07, 6.45) is -1.10. The van der Waals surface area contributed by atoms with Gasteiger partial charge < -0.3 is 28.4 Å². The molecule has 0 unspecified atom stereocenters. The Morgan fingerprint density at radius 3 is 1.22 bits per heavy atom. The quantitative estimate of drug-likeness (QED) is 0.0917. The highest BCUT2D eigenvalue weighted by atomic mass is 19.3. The number of alkyl halides is 4. The molecule has 0 spiro atoms. The Morgan fingerprint density at radius 2 is 0.803 bits per heavy atom. The SMILES string of the molecule is Cc1c(F)cc(OC(F)(F)c2c(F)cc(-c3c(F)cc(C4OCC(C5CCC5)CO4)cc3F)cc2F)cc1F.Fc1cc(OC(F)(F)c2c(F)cc(C3CCC(C4OCC(C5CCC5)CO4)CC3)cc2F)cc(F)c1F. The van der Waals surface area contributed by atoms with E-state index in [9.17, 15) is 65.9 Å². The summed E-state index contributed by atoms with van der Waals surface area (Å²) in [5.41, 5.74) is -5.39. The first-order valence-corrected chi connectivity index (χ1v) is 24.7. The number of benzene rings is 5. The first kappa shape index (κ1) is 55.3. The Labute approximate surface area is 426 Å². The molecule has 5 aliphatic rings. The van der Waals surface area contributed by atoms with Crippen molar-refractivity contribution in [1.82, 2.24) is 0 Å². The lowest BCUT2D eigenvalue weighted by atomic mass is 9.75. The lowest BCUT2D eigenvalue weighted by Gasteiger charge is -2.41. The molecule has 76 heavy (non-hydrogen) atoms. The number of hydrogen-bond donors (Lipinski definition) is 0. The number of ether oxygens (including phenoxy) is 6. The van der Waals surface area contributed by atoms with E-state index < -0.39 is 122 Å². The van der Waals surface area contributed by atoms with Crippen LogP contribution in [0.25, 0.3) is 11.1 Å². The Morgan fingerprint density at radius 1 is 0.408 bits per heavy atom. The predicted molar refractivity (Wildman–Crippen MR) is 241 cm³/mol. The predicted octanol–water partition coefficient (Wildman–Crippen LogP) is 15.7. The van der Waals surface area contributed by atoms with E-state index >= 15 is 0 Å². The molecule has 6 nitrogen and oxygen atoms in total. The summed E-state index contributed by atoms with van der Waals surface area (Å²) < 4.78 is 246. The van der Waals surface area contributed by atoms with Crippen LogP contribution in [0.15, 0.2) is 60.7 Å². The molecule has 10 rings (SSSR count). The van der Waals surface area contributed by atoms with E-state index in [1.54, 1.807) is 0 Å². The van der Waals surface area contributed by atoms with Crippen LogP contribution in [0.3, 0.4) is 0 Å². The zero-order chi connectivity index (χ0) is 54.4. The summed E-state index contributed by atoms with van der Waals surface area (Å²) in [5, 5.41) is 0. The summed E-state index contributed by atoms with van der Waals surface area (Å²) in [6, 6.07) is 5.25. The van der Waals surface area contributed by atoms with E-state index in [4.69, 9.17) is 18.9 Å². The van der Waals surface area contributed by atoms with Crippen molar-refractivity contribution in [2.45, 2.75) is 102 Å². The molecule has 3 saturated carbocycles. The molecule has 410 valence electrons. The van der Waals surface area contributed by atoms with Crippen LogP contribution >= 0.6 is 0 Å². The van der Waals surface area contributed by atoms with Gasteiger partial charge in [0.25, 0.3) is 0 Å². The van der Waals surface area contributed by atoms with Gasteiger partial charge in [-0.2, -0.15) is 17.6 Å². The zero-order valence-corrected chi connectivity index (χ0v) is 40.4. The Bertz CT molecular complexity index is 2790. The highest BCUT2D eigenvalue weighted by Gasteiger charge is 2.44. The van der Waals surface area contributed by atoms with E-state index in [1.165, 1.54) is 19.3 Å². The third-order valence-electron chi connectivity index (χ3n) is 15.2. The van der Waals surface area contributed by atoms with Crippen LogP contribution in [0.2, 0.25) is 0 Å². The second kappa shape index (κ2) is 22.5. The number of hydrogen-bond acceptors (Lipinski definition) is 6. The van der Waals surface area contributed by atoms with Gasteiger partial charge in [-0.1, -0.05) is 38.5 Å². The van der Waals surface area contributed by atoms with Gasteiger partial charge in [-0.3, -0.25) is 0 Å². The van der Waals surface area contributed by atoms with Crippen molar-refractivity contribution in [3.63, 3.8) is 0 Å². The Hall–Kier alpha value is -5.51.